The molecule has 1 aromatic carbocycles. The minimum Gasteiger partial charge on any atom is -0.478 e. The first-order valence-electron chi connectivity index (χ1n) is 10.6. The van der Waals surface area contributed by atoms with Crippen molar-refractivity contribution >= 4 is 21.9 Å². The van der Waals surface area contributed by atoms with E-state index in [1.54, 1.807) is 12.1 Å². The lowest BCUT2D eigenvalue weighted by molar-refractivity contribution is -0.0873. The van der Waals surface area contributed by atoms with Gasteiger partial charge in [-0.2, -0.15) is 12.7 Å². The van der Waals surface area contributed by atoms with Crippen molar-refractivity contribution in [1.82, 2.24) is 14.2 Å². The standard InChI is InChI=1S/C22H28N4O5S/c1-16-4-3-5-20(10-16)26(13-19-7-6-18(11-23-19)22(27)28)32(29,30)24-8-9-25(17(2)12-24)21-14-31-15-21/h3-7,10-11,17,21H,8-9,12-15H2,1-2H3,(H,27,28)/t17-/m0/s1. The molecule has 0 unspecified atom stereocenters. The van der Waals surface area contributed by atoms with Gasteiger partial charge in [-0.1, -0.05) is 12.1 Å². The fourth-order valence-electron chi connectivity index (χ4n) is 4.13. The first kappa shape index (κ1) is 22.7. The second kappa shape index (κ2) is 9.14. The minimum absolute atomic E-state index is 0.0107. The van der Waals surface area contributed by atoms with Crippen LogP contribution in [-0.4, -0.2) is 78.6 Å². The van der Waals surface area contributed by atoms with Crippen molar-refractivity contribution in [3.8, 4) is 0 Å². The average Bonchev–Trinajstić information content (AvgIpc) is 2.72. The van der Waals surface area contributed by atoms with Crippen LogP contribution >= 0.6 is 0 Å². The normalized spacial score (nSPS) is 20.6. The van der Waals surface area contributed by atoms with E-state index in [0.717, 1.165) is 5.56 Å². The smallest absolute Gasteiger partial charge is 0.337 e. The molecule has 0 amide bonds. The highest BCUT2D eigenvalue weighted by Crippen LogP contribution is 2.27. The highest BCUT2D eigenvalue weighted by molar-refractivity contribution is 7.90. The number of carboxylic acid groups (broad SMARTS) is 1. The van der Waals surface area contributed by atoms with Crippen LogP contribution in [0.15, 0.2) is 42.6 Å². The number of anilines is 1. The summed E-state index contributed by atoms with van der Waals surface area (Å²) in [7, 11) is -3.84. The number of aryl methyl sites for hydroxylation is 1. The molecule has 0 spiro atoms. The van der Waals surface area contributed by atoms with Crippen LogP contribution in [0.1, 0.15) is 28.5 Å². The molecule has 0 radical (unpaired) electrons. The Morgan fingerprint density at radius 2 is 2.03 bits per heavy atom. The van der Waals surface area contributed by atoms with E-state index in [4.69, 9.17) is 9.84 Å². The third kappa shape index (κ3) is 4.63. The number of nitrogens with zero attached hydrogens (tertiary/aromatic N) is 4. The third-order valence-corrected chi connectivity index (χ3v) is 7.88. The monoisotopic (exact) mass is 460 g/mol. The summed E-state index contributed by atoms with van der Waals surface area (Å²) in [5, 5.41) is 9.11. The summed E-state index contributed by atoms with van der Waals surface area (Å²) >= 11 is 0. The molecule has 1 N–H and O–H groups in total. The van der Waals surface area contributed by atoms with E-state index in [9.17, 15) is 13.2 Å². The molecular formula is C22H28N4O5S. The summed E-state index contributed by atoms with van der Waals surface area (Å²) in [6.45, 7) is 6.82. The van der Waals surface area contributed by atoms with E-state index in [1.165, 1.54) is 20.9 Å². The van der Waals surface area contributed by atoms with Crippen LogP contribution in [0.5, 0.6) is 0 Å². The maximum absolute atomic E-state index is 13.8. The number of hydrogen-bond acceptors (Lipinski definition) is 6. The summed E-state index contributed by atoms with van der Waals surface area (Å²) in [6, 6.07) is 10.8. The lowest BCUT2D eigenvalue weighted by Gasteiger charge is -2.46. The molecule has 10 heteroatoms. The topological polar surface area (TPSA) is 103 Å². The number of pyridine rings is 1. The Hall–Kier alpha value is -2.53. The van der Waals surface area contributed by atoms with Gasteiger partial charge in [0.25, 0.3) is 0 Å². The molecule has 2 fully saturated rings. The fourth-order valence-corrected chi connectivity index (χ4v) is 5.80. The van der Waals surface area contributed by atoms with Crippen molar-refractivity contribution in [2.75, 3.05) is 37.2 Å². The van der Waals surface area contributed by atoms with Crippen LogP contribution in [0.25, 0.3) is 0 Å². The van der Waals surface area contributed by atoms with Crippen molar-refractivity contribution < 1.29 is 23.1 Å². The van der Waals surface area contributed by atoms with E-state index in [0.29, 0.717) is 50.3 Å². The SMILES string of the molecule is Cc1cccc(N(Cc2ccc(C(=O)O)cn2)S(=O)(=O)N2CCN(C3COC3)[C@@H](C)C2)c1. The van der Waals surface area contributed by atoms with Crippen LogP contribution < -0.4 is 4.31 Å². The molecule has 1 atom stereocenters. The zero-order valence-electron chi connectivity index (χ0n) is 18.2. The number of benzene rings is 1. The first-order valence-corrected chi connectivity index (χ1v) is 12.0. The zero-order chi connectivity index (χ0) is 22.9. The predicted molar refractivity (Wildman–Crippen MR) is 120 cm³/mol. The number of rotatable bonds is 7. The average molecular weight is 461 g/mol. The minimum atomic E-state index is -3.84. The van der Waals surface area contributed by atoms with Gasteiger partial charge in [0.05, 0.1) is 42.7 Å². The first-order chi connectivity index (χ1) is 15.3. The lowest BCUT2D eigenvalue weighted by atomic mass is 10.1. The van der Waals surface area contributed by atoms with Gasteiger partial charge in [-0.25, -0.2) is 4.79 Å². The number of hydrogen-bond donors (Lipinski definition) is 1. The van der Waals surface area contributed by atoms with Crippen LogP contribution in [0.4, 0.5) is 5.69 Å². The lowest BCUT2D eigenvalue weighted by Crippen LogP contribution is -2.62. The molecule has 2 aromatic rings. The van der Waals surface area contributed by atoms with Gasteiger partial charge in [-0.15, -0.1) is 0 Å². The van der Waals surface area contributed by atoms with Crippen molar-refractivity contribution in [2.24, 2.45) is 0 Å². The van der Waals surface area contributed by atoms with Gasteiger partial charge < -0.3 is 9.84 Å². The quantitative estimate of drug-likeness (QED) is 0.671. The number of carbonyl (C=O) groups is 1. The molecule has 2 saturated heterocycles. The molecule has 3 heterocycles. The third-order valence-electron chi connectivity index (χ3n) is 6.00. The maximum Gasteiger partial charge on any atom is 0.337 e. The Balaban J connectivity index is 1.60. The number of aromatic nitrogens is 1. The van der Waals surface area contributed by atoms with E-state index in [1.807, 2.05) is 32.0 Å². The molecule has 4 rings (SSSR count). The van der Waals surface area contributed by atoms with Gasteiger partial charge in [0.15, 0.2) is 0 Å². The van der Waals surface area contributed by atoms with Crippen LogP contribution in [-0.2, 0) is 21.5 Å². The molecule has 32 heavy (non-hydrogen) atoms. The van der Waals surface area contributed by atoms with E-state index >= 15 is 0 Å². The Bertz CT molecular complexity index is 1070. The number of aromatic carboxylic acids is 1. The van der Waals surface area contributed by atoms with Gasteiger partial charge >= 0.3 is 16.2 Å². The molecule has 172 valence electrons. The fraction of sp³-hybridized carbons (Fsp3) is 0.455. The largest absolute Gasteiger partial charge is 0.478 e. The van der Waals surface area contributed by atoms with Crippen molar-refractivity contribution in [2.45, 2.75) is 32.5 Å². The summed E-state index contributed by atoms with van der Waals surface area (Å²) < 4.78 is 35.7. The Labute approximate surface area is 188 Å². The molecule has 1 aromatic heterocycles. The highest BCUT2D eigenvalue weighted by Gasteiger charge is 2.39. The van der Waals surface area contributed by atoms with Gasteiger partial charge in [-0.3, -0.25) is 14.2 Å². The van der Waals surface area contributed by atoms with E-state index in [2.05, 4.69) is 9.88 Å². The summed E-state index contributed by atoms with van der Waals surface area (Å²) in [6.07, 6.45) is 1.25. The Kier molecular flexibility index (Phi) is 6.47. The van der Waals surface area contributed by atoms with Crippen LogP contribution in [0.2, 0.25) is 0 Å². The summed E-state index contributed by atoms with van der Waals surface area (Å²) in [4.78, 5) is 17.6. The Morgan fingerprint density at radius 1 is 1.25 bits per heavy atom. The molecule has 0 aliphatic carbocycles. The second-order valence-electron chi connectivity index (χ2n) is 8.33. The predicted octanol–water partition coefficient (Wildman–Crippen LogP) is 1.74. The van der Waals surface area contributed by atoms with Gasteiger partial charge in [0.2, 0.25) is 0 Å². The van der Waals surface area contributed by atoms with Crippen molar-refractivity contribution in [3.05, 3.63) is 59.4 Å². The van der Waals surface area contributed by atoms with Crippen molar-refractivity contribution in [3.63, 3.8) is 0 Å². The maximum atomic E-state index is 13.8. The van der Waals surface area contributed by atoms with Gasteiger partial charge in [0.1, 0.15) is 0 Å². The van der Waals surface area contributed by atoms with Crippen LogP contribution in [0, 0.1) is 6.92 Å². The van der Waals surface area contributed by atoms with Crippen LogP contribution in [0.3, 0.4) is 0 Å². The van der Waals surface area contributed by atoms with E-state index in [-0.39, 0.29) is 18.2 Å². The molecule has 2 aliphatic rings. The highest BCUT2D eigenvalue weighted by atomic mass is 32.2. The summed E-state index contributed by atoms with van der Waals surface area (Å²) in [5.74, 6) is -1.07. The molecule has 9 nitrogen and oxygen atoms in total. The number of carboxylic acids is 1. The van der Waals surface area contributed by atoms with Gasteiger partial charge in [-0.05, 0) is 43.7 Å². The van der Waals surface area contributed by atoms with Crippen molar-refractivity contribution in [1.29, 1.82) is 0 Å². The molecular weight excluding hydrogens is 432 g/mol. The number of piperazine rings is 1. The molecule has 0 bridgehead atoms. The summed E-state index contributed by atoms with van der Waals surface area (Å²) in [5.41, 5.74) is 2.03. The van der Waals surface area contributed by atoms with Gasteiger partial charge in [0, 0.05) is 31.9 Å². The van der Waals surface area contributed by atoms with E-state index < -0.39 is 16.2 Å². The Morgan fingerprint density at radius 3 is 2.59 bits per heavy atom. The zero-order valence-corrected chi connectivity index (χ0v) is 19.0. The molecule has 2 aliphatic heterocycles. The second-order valence-corrected chi connectivity index (χ2v) is 10.2. The number of ether oxygens (including phenoxy) is 1. The molecule has 0 saturated carbocycles.